The van der Waals surface area contributed by atoms with Gasteiger partial charge in [-0.15, -0.1) is 0 Å². The van der Waals surface area contributed by atoms with Crippen LogP contribution in [0.4, 0.5) is 5.69 Å². The van der Waals surface area contributed by atoms with Gasteiger partial charge in [0.05, 0.1) is 45.5 Å². The van der Waals surface area contributed by atoms with Crippen LogP contribution in [-0.2, 0) is 9.53 Å². The van der Waals surface area contributed by atoms with E-state index in [4.69, 9.17) is 9.47 Å². The molecule has 7 nitrogen and oxygen atoms in total. The lowest BCUT2D eigenvalue weighted by Gasteiger charge is -2.12. The average Bonchev–Trinajstić information content (AvgIpc) is 3.28. The molecule has 2 aromatic rings. The van der Waals surface area contributed by atoms with E-state index in [1.54, 1.807) is 26.2 Å². The molecule has 1 amide bonds. The van der Waals surface area contributed by atoms with Gasteiger partial charge in [-0.3, -0.25) is 4.79 Å². The highest BCUT2D eigenvalue weighted by atomic mass is 16.5. The van der Waals surface area contributed by atoms with Crippen LogP contribution < -0.4 is 15.0 Å². The van der Waals surface area contributed by atoms with Gasteiger partial charge in [-0.2, -0.15) is 0 Å². The molecule has 140 valence electrons. The number of H-pyrrole nitrogens is 1. The first-order valence-electron chi connectivity index (χ1n) is 9.12. The van der Waals surface area contributed by atoms with Crippen molar-refractivity contribution in [2.24, 2.45) is 0 Å². The molecule has 1 aliphatic rings. The minimum absolute atomic E-state index is 0.0985. The summed E-state index contributed by atoms with van der Waals surface area (Å²) in [6.45, 7) is 5.09. The Morgan fingerprint density at radius 3 is 2.73 bits per heavy atom. The number of amides is 1. The van der Waals surface area contributed by atoms with E-state index in [0.717, 1.165) is 30.5 Å². The molecule has 1 aromatic carbocycles. The first-order valence-corrected chi connectivity index (χ1v) is 9.12. The molecule has 0 radical (unpaired) electrons. The number of esters is 1. The number of aromatic amines is 1. The number of benzene rings is 1. The van der Waals surface area contributed by atoms with E-state index in [-0.39, 0.29) is 18.2 Å². The van der Waals surface area contributed by atoms with Crippen LogP contribution in [0.3, 0.4) is 0 Å². The van der Waals surface area contributed by atoms with Crippen molar-refractivity contribution in [2.75, 3.05) is 38.7 Å². The zero-order valence-corrected chi connectivity index (χ0v) is 15.3. The number of likely N-dealkylation sites (tertiary alicyclic amines) is 1. The summed E-state index contributed by atoms with van der Waals surface area (Å²) in [6, 6.07) is 5.42. The van der Waals surface area contributed by atoms with E-state index in [1.165, 1.54) is 17.7 Å². The Balaban J connectivity index is 1.84. The lowest BCUT2D eigenvalue weighted by molar-refractivity contribution is -0.886. The molecule has 1 aliphatic heterocycles. The summed E-state index contributed by atoms with van der Waals surface area (Å²) in [5, 5.41) is 3.64. The van der Waals surface area contributed by atoms with E-state index in [2.05, 4.69) is 10.3 Å². The fraction of sp³-hybridized carbons (Fsp3) is 0.474. The molecule has 1 aromatic heterocycles. The Labute approximate surface area is 152 Å². The number of anilines is 1. The molecule has 1 saturated heterocycles. The van der Waals surface area contributed by atoms with Crippen molar-refractivity contribution < 1.29 is 24.0 Å². The summed E-state index contributed by atoms with van der Waals surface area (Å²) in [4.78, 5) is 29.3. The molecule has 0 atom stereocenters. The van der Waals surface area contributed by atoms with Crippen LogP contribution in [0, 0.1) is 0 Å². The monoisotopic (exact) mass is 360 g/mol. The molecule has 0 unspecified atom stereocenters. The molecular formula is C19H26N3O4+. The van der Waals surface area contributed by atoms with Crippen LogP contribution in [0.2, 0.25) is 0 Å². The first kappa shape index (κ1) is 18.3. The van der Waals surface area contributed by atoms with Gasteiger partial charge in [0.15, 0.2) is 0 Å². The van der Waals surface area contributed by atoms with Crippen molar-refractivity contribution in [1.29, 1.82) is 0 Å². The van der Waals surface area contributed by atoms with Crippen LogP contribution in [0.5, 0.6) is 5.75 Å². The maximum absolute atomic E-state index is 12.5. The molecule has 0 aliphatic carbocycles. The fourth-order valence-corrected chi connectivity index (χ4v) is 3.40. The Bertz CT molecular complexity index is 793. The maximum Gasteiger partial charge on any atom is 0.356 e. The highest BCUT2D eigenvalue weighted by molar-refractivity contribution is 6.11. The van der Waals surface area contributed by atoms with Crippen molar-refractivity contribution in [3.05, 3.63) is 23.9 Å². The first-order chi connectivity index (χ1) is 12.6. The number of fused-ring (bicyclic) bond motifs is 1. The molecule has 7 heteroatoms. The van der Waals surface area contributed by atoms with E-state index in [9.17, 15) is 9.59 Å². The Morgan fingerprint density at radius 1 is 1.27 bits per heavy atom. The summed E-state index contributed by atoms with van der Waals surface area (Å²) in [6.07, 6.45) is 2.88. The van der Waals surface area contributed by atoms with Gasteiger partial charge in [0.25, 0.3) is 0 Å². The molecule has 3 N–H and O–H groups in total. The normalized spacial score (nSPS) is 14.5. The third kappa shape index (κ3) is 3.99. The molecular weight excluding hydrogens is 334 g/mol. The number of hydrogen-bond donors (Lipinski definition) is 3. The van der Waals surface area contributed by atoms with Crippen LogP contribution in [0.25, 0.3) is 10.9 Å². The highest BCUT2D eigenvalue weighted by Gasteiger charge is 2.22. The fourth-order valence-electron chi connectivity index (χ4n) is 3.40. The molecule has 2 heterocycles. The molecule has 0 saturated carbocycles. The van der Waals surface area contributed by atoms with E-state index >= 15 is 0 Å². The second kappa shape index (κ2) is 8.23. The molecule has 26 heavy (non-hydrogen) atoms. The van der Waals surface area contributed by atoms with Gasteiger partial charge < -0.3 is 24.7 Å². The van der Waals surface area contributed by atoms with E-state index in [0.29, 0.717) is 17.9 Å². The number of carbonyl (C=O) groups excluding carboxylic acids is 2. The highest BCUT2D eigenvalue weighted by Crippen LogP contribution is 2.31. The smallest absolute Gasteiger partial charge is 0.356 e. The Kier molecular flexibility index (Phi) is 5.78. The van der Waals surface area contributed by atoms with Crippen molar-refractivity contribution >= 4 is 28.5 Å². The topological polar surface area (TPSA) is 84.9 Å². The number of aromatic nitrogens is 1. The second-order valence-corrected chi connectivity index (χ2v) is 6.51. The van der Waals surface area contributed by atoms with Crippen molar-refractivity contribution in [3.63, 3.8) is 0 Å². The van der Waals surface area contributed by atoms with Gasteiger partial charge in [0.2, 0.25) is 5.91 Å². The van der Waals surface area contributed by atoms with E-state index in [1.807, 2.05) is 6.07 Å². The minimum atomic E-state index is -0.483. The molecule has 0 bridgehead atoms. The average molecular weight is 360 g/mol. The van der Waals surface area contributed by atoms with Gasteiger partial charge >= 0.3 is 5.97 Å². The lowest BCUT2D eigenvalue weighted by Crippen LogP contribution is -3.10. The largest absolute Gasteiger partial charge is 0.497 e. The number of nitrogens with one attached hydrogen (secondary N) is 3. The summed E-state index contributed by atoms with van der Waals surface area (Å²) in [7, 11) is 1.58. The van der Waals surface area contributed by atoms with Gasteiger partial charge in [-0.1, -0.05) is 0 Å². The molecule has 0 spiro atoms. The zero-order chi connectivity index (χ0) is 18.5. The number of ether oxygens (including phenoxy) is 2. The quantitative estimate of drug-likeness (QED) is 0.651. The summed E-state index contributed by atoms with van der Waals surface area (Å²) in [5.41, 5.74) is 1.46. The number of methoxy groups -OCH3 is 1. The van der Waals surface area contributed by atoms with E-state index < -0.39 is 5.97 Å². The van der Waals surface area contributed by atoms with Crippen LogP contribution in [0.15, 0.2) is 18.2 Å². The third-order valence-corrected chi connectivity index (χ3v) is 4.77. The second-order valence-electron chi connectivity index (χ2n) is 6.51. The SMILES string of the molecule is CCOC(=O)c1[nH]c2ccc(OC)cc2c1NC(=O)CC[NH+]1CCCC1. The van der Waals surface area contributed by atoms with Crippen LogP contribution in [-0.4, -0.2) is 50.2 Å². The lowest BCUT2D eigenvalue weighted by atomic mass is 10.2. The standard InChI is InChI=1S/C19H25N3O4/c1-3-26-19(24)18-17(14-12-13(25-2)6-7-15(14)20-18)21-16(23)8-11-22-9-4-5-10-22/h6-7,12,20H,3-5,8-11H2,1-2H3,(H,21,23)/p+1. The van der Waals surface area contributed by atoms with Crippen molar-refractivity contribution in [2.45, 2.75) is 26.2 Å². The van der Waals surface area contributed by atoms with Crippen molar-refractivity contribution in [3.8, 4) is 5.75 Å². The molecule has 1 fully saturated rings. The number of carbonyl (C=O) groups is 2. The van der Waals surface area contributed by atoms with Gasteiger partial charge in [0.1, 0.15) is 11.4 Å². The Hall–Kier alpha value is -2.54. The number of rotatable bonds is 7. The van der Waals surface area contributed by atoms with Crippen LogP contribution >= 0.6 is 0 Å². The summed E-state index contributed by atoms with van der Waals surface area (Å²) >= 11 is 0. The summed E-state index contributed by atoms with van der Waals surface area (Å²) < 4.78 is 10.4. The Morgan fingerprint density at radius 2 is 2.04 bits per heavy atom. The third-order valence-electron chi connectivity index (χ3n) is 4.77. The number of quaternary nitrogens is 1. The molecule has 3 rings (SSSR count). The van der Waals surface area contributed by atoms with Gasteiger partial charge in [-0.05, 0) is 25.1 Å². The maximum atomic E-state index is 12.5. The van der Waals surface area contributed by atoms with Gasteiger partial charge in [0, 0.05) is 23.7 Å². The predicted molar refractivity (Wildman–Crippen MR) is 98.9 cm³/mol. The number of hydrogen-bond acceptors (Lipinski definition) is 4. The van der Waals surface area contributed by atoms with Crippen LogP contribution in [0.1, 0.15) is 36.7 Å². The predicted octanol–water partition coefficient (Wildman–Crippen LogP) is 1.36. The van der Waals surface area contributed by atoms with Gasteiger partial charge in [-0.25, -0.2) is 4.79 Å². The van der Waals surface area contributed by atoms with Crippen molar-refractivity contribution in [1.82, 2.24) is 4.98 Å². The zero-order valence-electron chi connectivity index (χ0n) is 15.3. The summed E-state index contributed by atoms with van der Waals surface area (Å²) in [5.74, 6) is 0.0747. The minimum Gasteiger partial charge on any atom is -0.497 e.